The molecule has 3 aromatic carbocycles. The standard InChI is InChI=1S/C23H22N4O5S/c1-16(28)25-20-11-5-9-18(13-20)22(29)26-27-23(30)19-10-6-12-21(14-19)33(31,32)24-15-17-7-3-2-4-8-17/h2-14,24H,15H2,1H3,(H,25,28)(H,26,29)(H,27,30). The lowest BCUT2D eigenvalue weighted by Gasteiger charge is -2.10. The number of hydrazine groups is 1. The molecule has 0 atom stereocenters. The second-order valence-corrected chi connectivity index (χ2v) is 8.78. The minimum Gasteiger partial charge on any atom is -0.326 e. The van der Waals surface area contributed by atoms with Crippen molar-refractivity contribution >= 4 is 33.4 Å². The van der Waals surface area contributed by atoms with E-state index in [1.54, 1.807) is 36.4 Å². The molecule has 0 saturated carbocycles. The highest BCUT2D eigenvalue weighted by Gasteiger charge is 2.17. The van der Waals surface area contributed by atoms with E-state index in [1.165, 1.54) is 43.3 Å². The molecule has 3 amide bonds. The van der Waals surface area contributed by atoms with Gasteiger partial charge in [0.25, 0.3) is 11.8 Å². The first-order valence-corrected chi connectivity index (χ1v) is 11.3. The van der Waals surface area contributed by atoms with Gasteiger partial charge in [-0.15, -0.1) is 0 Å². The molecule has 33 heavy (non-hydrogen) atoms. The van der Waals surface area contributed by atoms with E-state index in [-0.39, 0.29) is 28.5 Å². The van der Waals surface area contributed by atoms with Gasteiger partial charge in [0.1, 0.15) is 0 Å². The molecule has 0 bridgehead atoms. The van der Waals surface area contributed by atoms with Crippen LogP contribution in [-0.4, -0.2) is 26.1 Å². The normalized spacial score (nSPS) is 10.8. The third-order valence-electron chi connectivity index (χ3n) is 4.45. The number of benzene rings is 3. The van der Waals surface area contributed by atoms with Crippen molar-refractivity contribution in [1.29, 1.82) is 0 Å². The van der Waals surface area contributed by atoms with Crippen molar-refractivity contribution in [3.05, 3.63) is 95.6 Å². The smallest absolute Gasteiger partial charge is 0.269 e. The first kappa shape index (κ1) is 23.6. The zero-order valence-electron chi connectivity index (χ0n) is 17.7. The fourth-order valence-corrected chi connectivity index (χ4v) is 3.92. The minimum absolute atomic E-state index is 0.0462. The Hall–Kier alpha value is -4.02. The van der Waals surface area contributed by atoms with Gasteiger partial charge in [0, 0.05) is 30.3 Å². The molecule has 10 heteroatoms. The molecule has 3 rings (SSSR count). The molecule has 0 aliphatic rings. The SMILES string of the molecule is CC(=O)Nc1cccc(C(=O)NNC(=O)c2cccc(S(=O)(=O)NCc3ccccc3)c2)c1. The summed E-state index contributed by atoms with van der Waals surface area (Å²) in [6.45, 7) is 1.45. The van der Waals surface area contributed by atoms with E-state index in [4.69, 9.17) is 0 Å². The molecule has 4 N–H and O–H groups in total. The van der Waals surface area contributed by atoms with Gasteiger partial charge >= 0.3 is 0 Å². The predicted molar refractivity (Wildman–Crippen MR) is 123 cm³/mol. The quantitative estimate of drug-likeness (QED) is 0.396. The van der Waals surface area contributed by atoms with Gasteiger partial charge in [0.2, 0.25) is 15.9 Å². The average Bonchev–Trinajstić information content (AvgIpc) is 2.81. The summed E-state index contributed by atoms with van der Waals surface area (Å²) in [5.41, 5.74) is 6.00. The van der Waals surface area contributed by atoms with E-state index in [2.05, 4.69) is 20.9 Å². The van der Waals surface area contributed by atoms with Gasteiger partial charge in [-0.25, -0.2) is 13.1 Å². The Morgan fingerprint density at radius 2 is 1.36 bits per heavy atom. The van der Waals surface area contributed by atoms with E-state index >= 15 is 0 Å². The maximum Gasteiger partial charge on any atom is 0.269 e. The number of nitrogens with one attached hydrogen (secondary N) is 4. The zero-order chi connectivity index (χ0) is 23.8. The van der Waals surface area contributed by atoms with Gasteiger partial charge in [-0.1, -0.05) is 42.5 Å². The summed E-state index contributed by atoms with van der Waals surface area (Å²) < 4.78 is 27.7. The number of amides is 3. The van der Waals surface area contributed by atoms with E-state index in [0.717, 1.165) is 5.56 Å². The highest BCUT2D eigenvalue weighted by Crippen LogP contribution is 2.13. The van der Waals surface area contributed by atoms with Crippen molar-refractivity contribution in [2.75, 3.05) is 5.32 Å². The Morgan fingerprint density at radius 1 is 0.758 bits per heavy atom. The summed E-state index contributed by atoms with van der Waals surface area (Å²) in [5, 5.41) is 2.56. The van der Waals surface area contributed by atoms with Crippen LogP contribution in [0.15, 0.2) is 83.8 Å². The number of anilines is 1. The summed E-state index contributed by atoms with van der Waals surface area (Å²) in [6, 6.07) is 20.6. The second-order valence-electron chi connectivity index (χ2n) is 7.01. The van der Waals surface area contributed by atoms with Crippen LogP contribution < -0.4 is 20.9 Å². The summed E-state index contributed by atoms with van der Waals surface area (Å²) in [5.74, 6) is -1.58. The lowest BCUT2D eigenvalue weighted by molar-refractivity contribution is -0.114. The molecule has 3 aromatic rings. The number of sulfonamides is 1. The van der Waals surface area contributed by atoms with Crippen LogP contribution in [-0.2, 0) is 21.4 Å². The van der Waals surface area contributed by atoms with Crippen LogP contribution in [0.4, 0.5) is 5.69 Å². The van der Waals surface area contributed by atoms with E-state index in [0.29, 0.717) is 5.69 Å². The summed E-state index contributed by atoms with van der Waals surface area (Å²) in [7, 11) is -3.86. The summed E-state index contributed by atoms with van der Waals surface area (Å²) >= 11 is 0. The molecule has 170 valence electrons. The largest absolute Gasteiger partial charge is 0.326 e. The van der Waals surface area contributed by atoms with Crippen LogP contribution in [0.5, 0.6) is 0 Å². The highest BCUT2D eigenvalue weighted by atomic mass is 32.2. The van der Waals surface area contributed by atoms with Crippen molar-refractivity contribution in [3.8, 4) is 0 Å². The predicted octanol–water partition coefficient (Wildman–Crippen LogP) is 2.20. The Labute approximate surface area is 191 Å². The second kappa shape index (κ2) is 10.5. The van der Waals surface area contributed by atoms with Crippen LogP contribution >= 0.6 is 0 Å². The zero-order valence-corrected chi connectivity index (χ0v) is 18.5. The molecule has 0 saturated heterocycles. The van der Waals surface area contributed by atoms with Crippen LogP contribution in [0.25, 0.3) is 0 Å². The molecule has 9 nitrogen and oxygen atoms in total. The average molecular weight is 467 g/mol. The van der Waals surface area contributed by atoms with Crippen molar-refractivity contribution in [3.63, 3.8) is 0 Å². The molecule has 0 aliphatic carbocycles. The van der Waals surface area contributed by atoms with Crippen molar-refractivity contribution in [2.45, 2.75) is 18.4 Å². The van der Waals surface area contributed by atoms with Crippen molar-refractivity contribution < 1.29 is 22.8 Å². The molecule has 0 heterocycles. The van der Waals surface area contributed by atoms with Gasteiger partial charge in [-0.3, -0.25) is 25.2 Å². The monoisotopic (exact) mass is 466 g/mol. The van der Waals surface area contributed by atoms with E-state index < -0.39 is 21.8 Å². The van der Waals surface area contributed by atoms with Gasteiger partial charge < -0.3 is 5.32 Å². The van der Waals surface area contributed by atoms with Crippen LogP contribution in [0.3, 0.4) is 0 Å². The Bertz CT molecular complexity index is 1280. The maximum absolute atomic E-state index is 12.6. The lowest BCUT2D eigenvalue weighted by atomic mass is 10.2. The third-order valence-corrected chi connectivity index (χ3v) is 5.85. The van der Waals surface area contributed by atoms with Gasteiger partial charge in [0.15, 0.2) is 0 Å². The number of carbonyl (C=O) groups is 3. The number of rotatable bonds is 7. The third kappa shape index (κ3) is 6.73. The lowest BCUT2D eigenvalue weighted by Crippen LogP contribution is -2.41. The highest BCUT2D eigenvalue weighted by molar-refractivity contribution is 7.89. The van der Waals surface area contributed by atoms with Gasteiger partial charge in [-0.2, -0.15) is 0 Å². The fourth-order valence-electron chi connectivity index (χ4n) is 2.86. The number of hydrogen-bond donors (Lipinski definition) is 4. The van der Waals surface area contributed by atoms with Gasteiger partial charge in [-0.05, 0) is 42.0 Å². The van der Waals surface area contributed by atoms with Crippen LogP contribution in [0.1, 0.15) is 33.2 Å². The first-order valence-electron chi connectivity index (χ1n) is 9.86. The topological polar surface area (TPSA) is 133 Å². The summed E-state index contributed by atoms with van der Waals surface area (Å²) in [6.07, 6.45) is 0. The van der Waals surface area contributed by atoms with Crippen LogP contribution in [0.2, 0.25) is 0 Å². The molecular formula is C23H22N4O5S. The molecular weight excluding hydrogens is 444 g/mol. The minimum atomic E-state index is -3.86. The fraction of sp³-hybridized carbons (Fsp3) is 0.0870. The van der Waals surface area contributed by atoms with Crippen molar-refractivity contribution in [1.82, 2.24) is 15.6 Å². The molecule has 0 aliphatic heterocycles. The number of carbonyl (C=O) groups excluding carboxylic acids is 3. The van der Waals surface area contributed by atoms with Crippen molar-refractivity contribution in [2.24, 2.45) is 0 Å². The van der Waals surface area contributed by atoms with Gasteiger partial charge in [0.05, 0.1) is 4.90 Å². The molecule has 0 unspecified atom stereocenters. The summed E-state index contributed by atoms with van der Waals surface area (Å²) in [4.78, 5) is 35.9. The van der Waals surface area contributed by atoms with E-state index in [9.17, 15) is 22.8 Å². The van der Waals surface area contributed by atoms with Crippen LogP contribution in [0, 0.1) is 0 Å². The first-order chi connectivity index (χ1) is 15.7. The Morgan fingerprint density at radius 3 is 2.00 bits per heavy atom. The number of hydrogen-bond acceptors (Lipinski definition) is 5. The molecule has 0 spiro atoms. The maximum atomic E-state index is 12.6. The molecule has 0 fully saturated rings. The Kier molecular flexibility index (Phi) is 7.54. The molecule has 0 aromatic heterocycles. The Balaban J connectivity index is 1.63. The molecule has 0 radical (unpaired) electrons. The van der Waals surface area contributed by atoms with E-state index in [1.807, 2.05) is 6.07 Å².